The summed E-state index contributed by atoms with van der Waals surface area (Å²) in [6, 6.07) is 15.8. The standard InChI is InChI=1S/C23H21FN4O/c1-14(23(29)26-16-5-3-2-4-6-16)28-12-18-19(13-28)22(18)27-21-9-10-25-20-8-7-15(24)11-17(20)21/h2-11,14,18H,12-13H2,1H3,(H,25,27)(H,26,29). The van der Waals surface area contributed by atoms with Crippen LogP contribution in [0.4, 0.5) is 15.8 Å². The largest absolute Gasteiger partial charge is 0.358 e. The zero-order valence-electron chi connectivity index (χ0n) is 16.0. The first-order valence-corrected chi connectivity index (χ1v) is 9.74. The molecule has 0 saturated carbocycles. The van der Waals surface area contributed by atoms with E-state index in [9.17, 15) is 9.18 Å². The van der Waals surface area contributed by atoms with Gasteiger partial charge in [0, 0.05) is 47.7 Å². The third kappa shape index (κ3) is 3.36. The van der Waals surface area contributed by atoms with Crippen molar-refractivity contribution in [1.29, 1.82) is 0 Å². The molecule has 6 heteroatoms. The van der Waals surface area contributed by atoms with E-state index in [4.69, 9.17) is 0 Å². The Morgan fingerprint density at radius 2 is 2.03 bits per heavy atom. The average Bonchev–Trinajstić information content (AvgIpc) is 3.17. The van der Waals surface area contributed by atoms with Gasteiger partial charge in [0.2, 0.25) is 5.91 Å². The zero-order chi connectivity index (χ0) is 20.0. The van der Waals surface area contributed by atoms with Crippen LogP contribution in [0, 0.1) is 11.7 Å². The number of nitrogens with one attached hydrogen (secondary N) is 2. The number of anilines is 2. The van der Waals surface area contributed by atoms with Gasteiger partial charge in [-0.05, 0) is 48.9 Å². The average molecular weight is 388 g/mol. The van der Waals surface area contributed by atoms with E-state index in [1.807, 2.05) is 43.3 Å². The summed E-state index contributed by atoms with van der Waals surface area (Å²) in [7, 11) is 0. The van der Waals surface area contributed by atoms with E-state index in [1.165, 1.54) is 23.4 Å². The zero-order valence-corrected chi connectivity index (χ0v) is 16.0. The van der Waals surface area contributed by atoms with Crippen LogP contribution >= 0.6 is 0 Å². The molecule has 5 rings (SSSR count). The number of amides is 1. The van der Waals surface area contributed by atoms with Crippen LogP contribution in [0.15, 0.2) is 72.1 Å². The fourth-order valence-corrected chi connectivity index (χ4v) is 4.00. The lowest BCUT2D eigenvalue weighted by atomic mass is 10.2. The summed E-state index contributed by atoms with van der Waals surface area (Å²) < 4.78 is 13.7. The molecule has 0 spiro atoms. The number of aromatic nitrogens is 1. The SMILES string of the molecule is CC(C(=O)Nc1ccccc1)N1CC2=C(Nc3ccnc4ccc(F)cc34)C2C1. The van der Waals surface area contributed by atoms with Crippen molar-refractivity contribution in [2.24, 2.45) is 5.92 Å². The summed E-state index contributed by atoms with van der Waals surface area (Å²) in [5.74, 6) is 0.0774. The number of halogens is 1. The molecule has 1 fully saturated rings. The summed E-state index contributed by atoms with van der Waals surface area (Å²) >= 11 is 0. The van der Waals surface area contributed by atoms with Crippen molar-refractivity contribution in [2.75, 3.05) is 23.7 Å². The Bertz CT molecular complexity index is 1130. The highest BCUT2D eigenvalue weighted by molar-refractivity contribution is 5.95. The Morgan fingerprint density at radius 1 is 1.21 bits per heavy atom. The number of likely N-dealkylation sites (tertiary alicyclic amines) is 1. The van der Waals surface area contributed by atoms with E-state index in [0.29, 0.717) is 5.92 Å². The minimum Gasteiger partial charge on any atom is -0.358 e. The molecule has 0 radical (unpaired) electrons. The summed E-state index contributed by atoms with van der Waals surface area (Å²) in [4.78, 5) is 19.0. The molecule has 2 atom stereocenters. The fourth-order valence-electron chi connectivity index (χ4n) is 4.00. The molecule has 2 N–H and O–H groups in total. The normalized spacial score (nSPS) is 19.2. The maximum absolute atomic E-state index is 13.7. The smallest absolute Gasteiger partial charge is 0.241 e. The summed E-state index contributed by atoms with van der Waals surface area (Å²) in [6.07, 6.45) is 1.73. The predicted octanol–water partition coefficient (Wildman–Crippen LogP) is 4.01. The highest BCUT2D eigenvalue weighted by atomic mass is 19.1. The fraction of sp³-hybridized carbons (Fsp3) is 0.217. The van der Waals surface area contributed by atoms with Crippen LogP contribution in [0.1, 0.15) is 6.92 Å². The number of hydrogen-bond donors (Lipinski definition) is 2. The van der Waals surface area contributed by atoms with Crippen LogP contribution in [-0.2, 0) is 4.79 Å². The number of pyridine rings is 1. The Labute approximate surface area is 168 Å². The molecular formula is C23H21FN4O. The van der Waals surface area contributed by atoms with Crippen LogP contribution < -0.4 is 10.6 Å². The molecule has 1 aliphatic heterocycles. The Hall–Kier alpha value is -3.25. The topological polar surface area (TPSA) is 57.3 Å². The monoisotopic (exact) mass is 388 g/mol. The van der Waals surface area contributed by atoms with E-state index in [-0.39, 0.29) is 17.8 Å². The van der Waals surface area contributed by atoms with Gasteiger partial charge in [0.1, 0.15) is 5.82 Å². The van der Waals surface area contributed by atoms with E-state index in [1.54, 1.807) is 12.3 Å². The summed E-state index contributed by atoms with van der Waals surface area (Å²) in [5, 5.41) is 7.21. The number of carbonyl (C=O) groups is 1. The summed E-state index contributed by atoms with van der Waals surface area (Å²) in [5.41, 5.74) is 4.96. The van der Waals surface area contributed by atoms with Crippen molar-refractivity contribution < 1.29 is 9.18 Å². The van der Waals surface area contributed by atoms with Gasteiger partial charge in [-0.25, -0.2) is 4.39 Å². The van der Waals surface area contributed by atoms with Gasteiger partial charge in [-0.1, -0.05) is 18.2 Å². The molecule has 1 aliphatic carbocycles. The molecule has 2 aromatic carbocycles. The Kier molecular flexibility index (Phi) is 4.28. The highest BCUT2D eigenvalue weighted by Crippen LogP contribution is 2.46. The number of para-hydroxylation sites is 1. The number of hydrogen-bond acceptors (Lipinski definition) is 4. The van der Waals surface area contributed by atoms with Gasteiger partial charge >= 0.3 is 0 Å². The Morgan fingerprint density at radius 3 is 2.79 bits per heavy atom. The van der Waals surface area contributed by atoms with Crippen molar-refractivity contribution in [2.45, 2.75) is 13.0 Å². The van der Waals surface area contributed by atoms with Crippen molar-refractivity contribution >= 4 is 28.2 Å². The van der Waals surface area contributed by atoms with Crippen LogP contribution in [0.25, 0.3) is 10.9 Å². The maximum atomic E-state index is 13.7. The molecule has 1 aromatic heterocycles. The third-order valence-electron chi connectivity index (χ3n) is 5.76. The molecule has 2 aliphatic rings. The molecule has 0 bridgehead atoms. The van der Waals surface area contributed by atoms with Gasteiger partial charge in [-0.3, -0.25) is 14.7 Å². The van der Waals surface area contributed by atoms with Gasteiger partial charge in [0.15, 0.2) is 0 Å². The molecule has 1 amide bonds. The number of nitrogens with zero attached hydrogens (tertiary/aromatic N) is 2. The minimum absolute atomic E-state index is 0.00297. The molecule has 1 saturated heterocycles. The molecule has 2 heterocycles. The maximum Gasteiger partial charge on any atom is 0.241 e. The first-order valence-electron chi connectivity index (χ1n) is 9.74. The van der Waals surface area contributed by atoms with E-state index in [0.717, 1.165) is 35.4 Å². The van der Waals surface area contributed by atoms with E-state index in [2.05, 4.69) is 20.5 Å². The van der Waals surface area contributed by atoms with Crippen LogP contribution in [-0.4, -0.2) is 34.9 Å². The van der Waals surface area contributed by atoms with Crippen LogP contribution in [0.3, 0.4) is 0 Å². The van der Waals surface area contributed by atoms with Crippen LogP contribution in [0.5, 0.6) is 0 Å². The highest BCUT2D eigenvalue weighted by Gasteiger charge is 2.46. The van der Waals surface area contributed by atoms with Gasteiger partial charge in [-0.2, -0.15) is 0 Å². The second-order valence-electron chi connectivity index (χ2n) is 7.60. The molecule has 2 unspecified atom stereocenters. The molecule has 146 valence electrons. The number of fused-ring (bicyclic) bond motifs is 2. The van der Waals surface area contributed by atoms with Gasteiger partial charge < -0.3 is 10.6 Å². The predicted molar refractivity (Wildman–Crippen MR) is 112 cm³/mol. The Balaban J connectivity index is 1.26. The first-order chi connectivity index (χ1) is 14.1. The second-order valence-corrected chi connectivity index (χ2v) is 7.60. The number of benzene rings is 2. The quantitative estimate of drug-likeness (QED) is 0.693. The van der Waals surface area contributed by atoms with Gasteiger partial charge in [0.05, 0.1) is 11.6 Å². The van der Waals surface area contributed by atoms with E-state index >= 15 is 0 Å². The molecule has 29 heavy (non-hydrogen) atoms. The first kappa shape index (κ1) is 17.8. The third-order valence-corrected chi connectivity index (χ3v) is 5.76. The lowest BCUT2D eigenvalue weighted by Crippen LogP contribution is -2.41. The number of carbonyl (C=O) groups excluding carboxylic acids is 1. The minimum atomic E-state index is -0.272. The van der Waals surface area contributed by atoms with Gasteiger partial charge in [-0.15, -0.1) is 0 Å². The lowest BCUT2D eigenvalue weighted by Gasteiger charge is -2.24. The van der Waals surface area contributed by atoms with Crippen molar-refractivity contribution in [3.63, 3.8) is 0 Å². The van der Waals surface area contributed by atoms with Crippen molar-refractivity contribution in [3.8, 4) is 0 Å². The van der Waals surface area contributed by atoms with E-state index < -0.39 is 0 Å². The second kappa shape index (κ2) is 6.97. The molecular weight excluding hydrogens is 367 g/mol. The van der Waals surface area contributed by atoms with Gasteiger partial charge in [0.25, 0.3) is 0 Å². The number of rotatable bonds is 5. The van der Waals surface area contributed by atoms with Crippen molar-refractivity contribution in [1.82, 2.24) is 9.88 Å². The lowest BCUT2D eigenvalue weighted by molar-refractivity contribution is -0.120. The van der Waals surface area contributed by atoms with Crippen LogP contribution in [0.2, 0.25) is 0 Å². The van der Waals surface area contributed by atoms with Crippen molar-refractivity contribution in [3.05, 3.63) is 77.9 Å². The molecule has 3 aromatic rings. The summed E-state index contributed by atoms with van der Waals surface area (Å²) in [6.45, 7) is 3.53. The molecule has 5 nitrogen and oxygen atoms in total.